The third-order valence-electron chi connectivity index (χ3n) is 14.1. The third-order valence-corrected chi connectivity index (χ3v) is 14.1. The zero-order valence-corrected chi connectivity index (χ0v) is 37.0. The quantitative estimate of drug-likeness (QED) is 0.173. The molecule has 0 saturated carbocycles. The first-order valence-electron chi connectivity index (χ1n) is 23.3. The number of aromatic nitrogens is 5. The van der Waals surface area contributed by atoms with Gasteiger partial charge in [0.25, 0.3) is 0 Å². The van der Waals surface area contributed by atoms with Gasteiger partial charge in [-0.2, -0.15) is 0 Å². The third kappa shape index (κ3) is 5.76. The van der Waals surface area contributed by atoms with Crippen LogP contribution in [-0.4, -0.2) is 24.1 Å². The lowest BCUT2D eigenvalue weighted by atomic mass is 10.0. The number of rotatable bonds is 5. The van der Waals surface area contributed by atoms with Crippen LogP contribution in [0.25, 0.3) is 143 Å². The van der Waals surface area contributed by atoms with E-state index in [0.717, 1.165) is 104 Å². The Balaban J connectivity index is 1.09. The molecule has 0 spiro atoms. The molecule has 0 amide bonds. The largest absolute Gasteiger partial charge is 0.456 e. The van der Waals surface area contributed by atoms with Crippen LogP contribution in [0.15, 0.2) is 229 Å². The Kier molecular flexibility index (Phi) is 7.97. The molecule has 0 aliphatic heterocycles. The Hall–Kier alpha value is -9.39. The number of hydrogen-bond acceptors (Lipinski definition) is 4. The van der Waals surface area contributed by atoms with E-state index in [1.54, 1.807) is 0 Å². The van der Waals surface area contributed by atoms with E-state index >= 15 is 0 Å². The smallest absolute Gasteiger partial charge is 0.166 e. The monoisotopic (exact) mass is 879 g/mol. The molecule has 15 aromatic rings. The van der Waals surface area contributed by atoms with Crippen molar-refractivity contribution in [3.05, 3.63) is 224 Å². The molecule has 6 heteroatoms. The van der Waals surface area contributed by atoms with Crippen molar-refractivity contribution >= 4 is 97.9 Å². The van der Waals surface area contributed by atoms with Gasteiger partial charge in [-0.1, -0.05) is 152 Å². The first kappa shape index (κ1) is 37.8. The van der Waals surface area contributed by atoms with E-state index in [2.05, 4.69) is 221 Å². The Morgan fingerprint density at radius 1 is 0.304 bits per heavy atom. The molecule has 11 aromatic carbocycles. The number of furan rings is 1. The minimum absolute atomic E-state index is 0.557. The van der Waals surface area contributed by atoms with Crippen LogP contribution in [0.2, 0.25) is 0 Å². The van der Waals surface area contributed by atoms with Gasteiger partial charge in [0.05, 0.1) is 27.8 Å². The fourth-order valence-corrected chi connectivity index (χ4v) is 10.9. The van der Waals surface area contributed by atoms with E-state index in [-0.39, 0.29) is 0 Å². The molecule has 320 valence electrons. The highest BCUT2D eigenvalue weighted by Gasteiger charge is 2.25. The average molecular weight is 880 g/mol. The summed E-state index contributed by atoms with van der Waals surface area (Å²) in [6.45, 7) is 0. The van der Waals surface area contributed by atoms with Crippen LogP contribution in [-0.2, 0) is 0 Å². The Labute approximate surface area is 394 Å². The maximum atomic E-state index is 6.74. The van der Waals surface area contributed by atoms with Gasteiger partial charge in [0.1, 0.15) is 11.2 Å². The van der Waals surface area contributed by atoms with Gasteiger partial charge >= 0.3 is 0 Å². The van der Waals surface area contributed by atoms with Crippen LogP contribution in [0, 0.1) is 0 Å². The van der Waals surface area contributed by atoms with Crippen LogP contribution in [0.4, 0.5) is 0 Å². The van der Waals surface area contributed by atoms with E-state index in [1.807, 2.05) is 12.1 Å². The van der Waals surface area contributed by atoms with Crippen molar-refractivity contribution < 1.29 is 4.42 Å². The van der Waals surface area contributed by atoms with Gasteiger partial charge in [0.15, 0.2) is 17.5 Å². The fourth-order valence-electron chi connectivity index (χ4n) is 10.9. The van der Waals surface area contributed by atoms with Crippen molar-refractivity contribution in [1.29, 1.82) is 0 Å². The van der Waals surface area contributed by atoms with Crippen LogP contribution < -0.4 is 0 Å². The molecular formula is C63H37N5O. The Morgan fingerprint density at radius 3 is 1.59 bits per heavy atom. The highest BCUT2D eigenvalue weighted by Crippen LogP contribution is 2.44. The summed E-state index contributed by atoms with van der Waals surface area (Å²) in [6.07, 6.45) is 0. The number of hydrogen-bond donors (Lipinski definition) is 0. The highest BCUT2D eigenvalue weighted by molar-refractivity contribution is 6.18. The summed E-state index contributed by atoms with van der Waals surface area (Å²) >= 11 is 0. The van der Waals surface area contributed by atoms with Gasteiger partial charge in [0, 0.05) is 60.8 Å². The second-order valence-electron chi connectivity index (χ2n) is 18.0. The Morgan fingerprint density at radius 2 is 0.870 bits per heavy atom. The molecule has 15 rings (SSSR count). The lowest BCUT2D eigenvalue weighted by molar-refractivity contribution is 0.668. The molecule has 0 aliphatic rings. The van der Waals surface area contributed by atoms with Crippen molar-refractivity contribution in [2.75, 3.05) is 0 Å². The van der Waals surface area contributed by atoms with Gasteiger partial charge in [-0.15, -0.1) is 0 Å². The van der Waals surface area contributed by atoms with E-state index in [9.17, 15) is 0 Å². The van der Waals surface area contributed by atoms with E-state index in [4.69, 9.17) is 19.4 Å². The first-order valence-corrected chi connectivity index (χ1v) is 23.3. The van der Waals surface area contributed by atoms with Crippen molar-refractivity contribution in [2.45, 2.75) is 0 Å². The zero-order chi connectivity index (χ0) is 45.2. The van der Waals surface area contributed by atoms with Crippen LogP contribution in [0.3, 0.4) is 0 Å². The van der Waals surface area contributed by atoms with Gasteiger partial charge in [0.2, 0.25) is 0 Å². The molecule has 4 heterocycles. The van der Waals surface area contributed by atoms with Crippen LogP contribution in [0.1, 0.15) is 0 Å². The summed E-state index contributed by atoms with van der Waals surface area (Å²) in [6, 6.07) is 79.8. The maximum Gasteiger partial charge on any atom is 0.166 e. The predicted octanol–water partition coefficient (Wildman–Crippen LogP) is 16.4. The van der Waals surface area contributed by atoms with Gasteiger partial charge in [-0.05, 0) is 99.0 Å². The first-order chi connectivity index (χ1) is 34.2. The normalized spacial score (nSPS) is 12.1. The van der Waals surface area contributed by atoms with Gasteiger partial charge in [-0.25, -0.2) is 15.0 Å². The topological polar surface area (TPSA) is 61.7 Å². The standard InChI is InChI=1S/C63H37N5O/c1-2-21-45(22-3-1)67-54-27-12-10-23-46(54)48-25-14-26-49(60(48)67)62-64-61(44-30-29-38-15-4-5-16-39(38)31-44)65-63(66-62)53-36-52-47-24-11-13-28-58(47)69-59(52)37-57(53)68-55-34-42-19-8-6-17-40(42)32-50(55)51-33-41-18-7-9-20-43(41)35-56(51)68/h1-37H. The summed E-state index contributed by atoms with van der Waals surface area (Å²) in [5.41, 5.74) is 10.5. The summed E-state index contributed by atoms with van der Waals surface area (Å²) in [7, 11) is 0. The molecular weight excluding hydrogens is 843 g/mol. The summed E-state index contributed by atoms with van der Waals surface area (Å²) in [5.74, 6) is 1.72. The predicted molar refractivity (Wildman–Crippen MR) is 285 cm³/mol. The fraction of sp³-hybridized carbons (Fsp3) is 0. The molecule has 4 aromatic heterocycles. The average Bonchev–Trinajstić information content (AvgIpc) is 4.05. The lowest BCUT2D eigenvalue weighted by Crippen LogP contribution is -2.05. The molecule has 0 aliphatic carbocycles. The molecule has 0 saturated heterocycles. The molecule has 0 unspecified atom stereocenters. The van der Waals surface area contributed by atoms with Gasteiger partial charge < -0.3 is 13.6 Å². The molecule has 0 fully saturated rings. The molecule has 0 N–H and O–H groups in total. The minimum atomic E-state index is 0.557. The van der Waals surface area contributed by atoms with Gasteiger partial charge in [-0.3, -0.25) is 0 Å². The number of fused-ring (bicyclic) bond motifs is 12. The molecule has 0 atom stereocenters. The van der Waals surface area contributed by atoms with Crippen molar-refractivity contribution in [2.24, 2.45) is 0 Å². The zero-order valence-electron chi connectivity index (χ0n) is 37.0. The van der Waals surface area contributed by atoms with E-state index in [1.165, 1.54) is 21.5 Å². The molecule has 0 radical (unpaired) electrons. The second-order valence-corrected chi connectivity index (χ2v) is 18.0. The number of nitrogens with zero attached hydrogens (tertiary/aromatic N) is 5. The summed E-state index contributed by atoms with van der Waals surface area (Å²) < 4.78 is 11.5. The number of para-hydroxylation sites is 4. The molecule has 6 nitrogen and oxygen atoms in total. The Bertz CT molecular complexity index is 4520. The summed E-state index contributed by atoms with van der Waals surface area (Å²) in [5, 5.41) is 13.6. The summed E-state index contributed by atoms with van der Waals surface area (Å²) in [4.78, 5) is 16.6. The number of benzene rings is 11. The van der Waals surface area contributed by atoms with E-state index in [0.29, 0.717) is 17.5 Å². The highest BCUT2D eigenvalue weighted by atomic mass is 16.3. The SMILES string of the molecule is c1ccc(-n2c3ccccc3c3cccc(-c4nc(-c5ccc6ccccc6c5)nc(-c5cc6c(cc5-n5c7cc8ccccc8cc7c7cc8ccccc8cc75)oc5ccccc56)n4)c32)cc1. The maximum absolute atomic E-state index is 6.74. The van der Waals surface area contributed by atoms with Crippen molar-refractivity contribution in [3.63, 3.8) is 0 Å². The van der Waals surface area contributed by atoms with Crippen LogP contribution in [0.5, 0.6) is 0 Å². The minimum Gasteiger partial charge on any atom is -0.456 e. The van der Waals surface area contributed by atoms with E-state index < -0.39 is 0 Å². The molecule has 69 heavy (non-hydrogen) atoms. The second kappa shape index (κ2) is 14.6. The van der Waals surface area contributed by atoms with Crippen molar-refractivity contribution in [3.8, 4) is 45.5 Å². The van der Waals surface area contributed by atoms with Crippen LogP contribution >= 0.6 is 0 Å². The lowest BCUT2D eigenvalue weighted by Gasteiger charge is -2.16. The molecule has 0 bridgehead atoms. The van der Waals surface area contributed by atoms with Crippen molar-refractivity contribution in [1.82, 2.24) is 24.1 Å².